The summed E-state index contributed by atoms with van der Waals surface area (Å²) in [5.41, 5.74) is 3.59. The number of amides is 1. The molecule has 0 bridgehead atoms. The summed E-state index contributed by atoms with van der Waals surface area (Å²) in [6.07, 6.45) is 1.62. The lowest BCUT2D eigenvalue weighted by Gasteiger charge is -2.19. The number of nitrogens with one attached hydrogen (secondary N) is 2. The summed E-state index contributed by atoms with van der Waals surface area (Å²) in [4.78, 5) is 16.7. The Kier molecular flexibility index (Phi) is 3.95. The van der Waals surface area contributed by atoms with Crippen LogP contribution in [0.3, 0.4) is 0 Å². The zero-order valence-electron chi connectivity index (χ0n) is 12.6. The minimum absolute atomic E-state index is 0.186. The first-order chi connectivity index (χ1) is 9.81. The van der Waals surface area contributed by atoms with Gasteiger partial charge in [-0.25, -0.2) is 10.8 Å². The number of hydrazine groups is 1. The number of aryl methyl sites for hydroxylation is 1. The molecule has 112 valence electrons. The van der Waals surface area contributed by atoms with E-state index in [9.17, 15) is 4.79 Å². The fourth-order valence-electron chi connectivity index (χ4n) is 1.80. The van der Waals surface area contributed by atoms with Crippen LogP contribution in [0.4, 0.5) is 11.6 Å². The lowest BCUT2D eigenvalue weighted by Crippen LogP contribution is -2.20. The molecule has 0 saturated carbocycles. The Hall–Kier alpha value is -2.41. The van der Waals surface area contributed by atoms with Crippen LogP contribution in [0.1, 0.15) is 36.8 Å². The maximum atomic E-state index is 12.4. The van der Waals surface area contributed by atoms with E-state index in [-0.39, 0.29) is 11.3 Å². The van der Waals surface area contributed by atoms with Gasteiger partial charge in [0.25, 0.3) is 5.91 Å². The molecule has 7 nitrogen and oxygen atoms in total. The smallest absolute Gasteiger partial charge is 0.257 e. The zero-order valence-corrected chi connectivity index (χ0v) is 12.6. The van der Waals surface area contributed by atoms with E-state index in [1.165, 1.54) is 0 Å². The van der Waals surface area contributed by atoms with Gasteiger partial charge < -0.3 is 10.7 Å². The first kappa shape index (κ1) is 15.0. The minimum Gasteiger partial charge on any atom is -0.308 e. The number of aromatic nitrogens is 3. The number of carbonyl (C=O) groups excluding carboxylic acids is 1. The molecule has 0 aromatic carbocycles. The highest BCUT2D eigenvalue weighted by atomic mass is 16.1. The number of pyridine rings is 1. The second-order valence-corrected chi connectivity index (χ2v) is 5.81. The predicted octanol–water partition coefficient (Wildman–Crippen LogP) is 1.65. The van der Waals surface area contributed by atoms with Crippen molar-refractivity contribution in [2.75, 3.05) is 10.7 Å². The molecule has 2 aromatic heterocycles. The van der Waals surface area contributed by atoms with Gasteiger partial charge in [0.1, 0.15) is 11.6 Å². The molecule has 2 aromatic rings. The molecule has 21 heavy (non-hydrogen) atoms. The Labute approximate surface area is 123 Å². The van der Waals surface area contributed by atoms with Crippen molar-refractivity contribution in [2.24, 2.45) is 12.9 Å². The van der Waals surface area contributed by atoms with Crippen LogP contribution < -0.4 is 16.6 Å². The minimum atomic E-state index is -0.233. The normalized spacial score (nSPS) is 11.3. The molecule has 0 atom stereocenters. The van der Waals surface area contributed by atoms with Gasteiger partial charge in [-0.3, -0.25) is 9.48 Å². The van der Waals surface area contributed by atoms with Crippen LogP contribution in [0.15, 0.2) is 24.4 Å². The number of hydrogen-bond acceptors (Lipinski definition) is 5. The predicted molar refractivity (Wildman–Crippen MR) is 81.9 cm³/mol. The number of hydrogen-bond donors (Lipinski definition) is 3. The summed E-state index contributed by atoms with van der Waals surface area (Å²) < 4.78 is 1.59. The van der Waals surface area contributed by atoms with Crippen LogP contribution in [0.5, 0.6) is 0 Å². The van der Waals surface area contributed by atoms with Gasteiger partial charge in [0.2, 0.25) is 0 Å². The van der Waals surface area contributed by atoms with Crippen molar-refractivity contribution in [1.82, 2.24) is 14.8 Å². The SMILES string of the molecule is Cn1nccc1NC(=O)c1cc(NN)nc(C(C)(C)C)c1. The van der Waals surface area contributed by atoms with E-state index in [0.29, 0.717) is 17.2 Å². The Morgan fingerprint density at radius 1 is 1.33 bits per heavy atom. The Morgan fingerprint density at radius 2 is 2.05 bits per heavy atom. The molecule has 0 radical (unpaired) electrons. The van der Waals surface area contributed by atoms with Crippen molar-refractivity contribution in [3.05, 3.63) is 35.7 Å². The number of nitrogens with zero attached hydrogens (tertiary/aromatic N) is 3. The third-order valence-electron chi connectivity index (χ3n) is 3.07. The number of rotatable bonds is 3. The Balaban J connectivity index is 2.34. The number of anilines is 2. The number of carbonyl (C=O) groups is 1. The fraction of sp³-hybridized carbons (Fsp3) is 0.357. The van der Waals surface area contributed by atoms with Crippen LogP contribution in [-0.2, 0) is 12.5 Å². The molecule has 7 heteroatoms. The maximum Gasteiger partial charge on any atom is 0.257 e. The van der Waals surface area contributed by atoms with Gasteiger partial charge in [-0.1, -0.05) is 20.8 Å². The van der Waals surface area contributed by atoms with Crippen molar-refractivity contribution < 1.29 is 4.79 Å². The fourth-order valence-corrected chi connectivity index (χ4v) is 1.80. The monoisotopic (exact) mass is 288 g/mol. The molecule has 0 aliphatic carbocycles. The molecule has 4 N–H and O–H groups in total. The zero-order chi connectivity index (χ0) is 15.6. The molecule has 0 fully saturated rings. The first-order valence-electron chi connectivity index (χ1n) is 6.60. The van der Waals surface area contributed by atoms with Gasteiger partial charge >= 0.3 is 0 Å². The van der Waals surface area contributed by atoms with Gasteiger partial charge in [0.05, 0.1) is 6.20 Å². The van der Waals surface area contributed by atoms with Gasteiger partial charge in [-0.2, -0.15) is 5.10 Å². The van der Waals surface area contributed by atoms with E-state index in [4.69, 9.17) is 5.84 Å². The van der Waals surface area contributed by atoms with E-state index >= 15 is 0 Å². The van der Waals surface area contributed by atoms with Crippen molar-refractivity contribution in [3.63, 3.8) is 0 Å². The third kappa shape index (κ3) is 3.38. The van der Waals surface area contributed by atoms with Crippen LogP contribution in [0.25, 0.3) is 0 Å². The second-order valence-electron chi connectivity index (χ2n) is 5.81. The molecule has 1 amide bonds. The molecule has 2 rings (SSSR count). The highest BCUT2D eigenvalue weighted by Crippen LogP contribution is 2.23. The van der Waals surface area contributed by atoms with Gasteiger partial charge in [0, 0.05) is 29.8 Å². The topological polar surface area (TPSA) is 97.9 Å². The van der Waals surface area contributed by atoms with E-state index in [1.807, 2.05) is 20.8 Å². The highest BCUT2D eigenvalue weighted by Gasteiger charge is 2.19. The van der Waals surface area contributed by atoms with Crippen molar-refractivity contribution in [3.8, 4) is 0 Å². The summed E-state index contributed by atoms with van der Waals surface area (Å²) >= 11 is 0. The molecule has 0 aliphatic rings. The average Bonchev–Trinajstić information content (AvgIpc) is 2.82. The summed E-state index contributed by atoms with van der Waals surface area (Å²) in [7, 11) is 1.76. The largest absolute Gasteiger partial charge is 0.308 e. The third-order valence-corrected chi connectivity index (χ3v) is 3.07. The number of nitrogen functional groups attached to an aromatic ring is 1. The first-order valence-corrected chi connectivity index (χ1v) is 6.60. The van der Waals surface area contributed by atoms with Crippen LogP contribution in [0, 0.1) is 0 Å². The summed E-state index contributed by atoms with van der Waals surface area (Å²) in [5, 5.41) is 6.81. The van der Waals surface area contributed by atoms with E-state index in [1.54, 1.807) is 36.1 Å². The molecule has 0 aliphatic heterocycles. The molecular weight excluding hydrogens is 268 g/mol. The van der Waals surface area contributed by atoms with Crippen LogP contribution in [0.2, 0.25) is 0 Å². The van der Waals surface area contributed by atoms with Crippen LogP contribution in [-0.4, -0.2) is 20.7 Å². The summed E-state index contributed by atoms with van der Waals surface area (Å²) in [5.74, 6) is 6.28. The highest BCUT2D eigenvalue weighted by molar-refractivity contribution is 6.04. The molecular formula is C14H20N6O. The average molecular weight is 288 g/mol. The standard InChI is InChI=1S/C14H20N6O/c1-14(2,3)10-7-9(8-11(17-10)19-15)13(21)18-12-5-6-16-20(12)4/h5-8H,15H2,1-4H3,(H,17,19)(H,18,21). The number of nitrogens with two attached hydrogens (primary N) is 1. The van der Waals surface area contributed by atoms with Crippen LogP contribution >= 0.6 is 0 Å². The quantitative estimate of drug-likeness (QED) is 0.589. The van der Waals surface area contributed by atoms with E-state index < -0.39 is 0 Å². The van der Waals surface area contributed by atoms with E-state index in [2.05, 4.69) is 20.8 Å². The maximum absolute atomic E-state index is 12.4. The molecule has 0 unspecified atom stereocenters. The van der Waals surface area contributed by atoms with Crippen molar-refractivity contribution >= 4 is 17.5 Å². The van der Waals surface area contributed by atoms with E-state index in [0.717, 1.165) is 5.69 Å². The molecule has 0 spiro atoms. The summed E-state index contributed by atoms with van der Waals surface area (Å²) in [6, 6.07) is 5.11. The Morgan fingerprint density at radius 3 is 2.57 bits per heavy atom. The molecule has 2 heterocycles. The molecule has 0 saturated heterocycles. The van der Waals surface area contributed by atoms with Gasteiger partial charge in [0.15, 0.2) is 0 Å². The summed E-state index contributed by atoms with van der Waals surface area (Å²) in [6.45, 7) is 6.08. The second kappa shape index (κ2) is 5.53. The van der Waals surface area contributed by atoms with Crippen molar-refractivity contribution in [1.29, 1.82) is 0 Å². The lowest BCUT2D eigenvalue weighted by molar-refractivity contribution is 0.102. The van der Waals surface area contributed by atoms with Gasteiger partial charge in [-0.05, 0) is 12.1 Å². The lowest BCUT2D eigenvalue weighted by atomic mass is 9.90. The van der Waals surface area contributed by atoms with Crippen molar-refractivity contribution in [2.45, 2.75) is 26.2 Å². The van der Waals surface area contributed by atoms with Gasteiger partial charge in [-0.15, -0.1) is 0 Å². The Bertz CT molecular complexity index is 656.